The van der Waals surface area contributed by atoms with Crippen molar-refractivity contribution >= 4 is 5.91 Å². The van der Waals surface area contributed by atoms with Crippen LogP contribution < -0.4 is 0 Å². The maximum Gasteiger partial charge on any atom is 0.229 e. The van der Waals surface area contributed by atoms with Crippen molar-refractivity contribution in [2.75, 3.05) is 0 Å². The van der Waals surface area contributed by atoms with Crippen LogP contribution in [0.1, 0.15) is 47.0 Å². The van der Waals surface area contributed by atoms with Crippen LogP contribution in [0, 0.1) is 5.41 Å². The van der Waals surface area contributed by atoms with Gasteiger partial charge in [0.25, 0.3) is 0 Å². The highest BCUT2D eigenvalue weighted by Crippen LogP contribution is 2.50. The Hall–Kier alpha value is -0.530. The molecule has 13 heavy (non-hydrogen) atoms. The molecule has 2 atom stereocenters. The molecule has 0 aromatic rings. The van der Waals surface area contributed by atoms with Crippen LogP contribution in [0.15, 0.2) is 0 Å². The molecule has 2 aliphatic rings. The minimum atomic E-state index is -0.0159. The quantitative estimate of drug-likeness (QED) is 0.561. The van der Waals surface area contributed by atoms with Gasteiger partial charge in [0.1, 0.15) is 0 Å². The first-order chi connectivity index (χ1) is 5.84. The largest absolute Gasteiger partial charge is 0.334 e. The smallest absolute Gasteiger partial charge is 0.229 e. The molecule has 1 aliphatic heterocycles. The van der Waals surface area contributed by atoms with E-state index < -0.39 is 0 Å². The van der Waals surface area contributed by atoms with Crippen molar-refractivity contribution in [1.82, 2.24) is 4.90 Å². The normalized spacial score (nSPS) is 38.9. The monoisotopic (exact) mass is 181 g/mol. The van der Waals surface area contributed by atoms with Crippen molar-refractivity contribution in [2.45, 2.75) is 58.5 Å². The first kappa shape index (κ1) is 9.04. The van der Waals surface area contributed by atoms with Gasteiger partial charge in [-0.1, -0.05) is 6.92 Å². The second kappa shape index (κ2) is 2.28. The molecule has 0 aromatic heterocycles. The Balaban J connectivity index is 2.31. The lowest BCUT2D eigenvalue weighted by Gasteiger charge is -2.40. The molecule has 1 amide bonds. The average molecular weight is 181 g/mol. The zero-order valence-electron chi connectivity index (χ0n) is 9.05. The Morgan fingerprint density at radius 1 is 1.46 bits per heavy atom. The Morgan fingerprint density at radius 2 is 2.08 bits per heavy atom. The number of carbonyl (C=O) groups excluding carboxylic acids is 1. The highest BCUT2D eigenvalue weighted by Gasteiger charge is 2.55. The molecular formula is C11H19NO. The molecule has 2 fully saturated rings. The first-order valence-corrected chi connectivity index (χ1v) is 5.18. The molecule has 0 unspecified atom stereocenters. The maximum absolute atomic E-state index is 12.1. The van der Waals surface area contributed by atoms with Crippen LogP contribution in [-0.4, -0.2) is 22.4 Å². The molecule has 1 saturated heterocycles. The molecule has 74 valence electrons. The second-order valence-electron chi connectivity index (χ2n) is 5.80. The van der Waals surface area contributed by atoms with Crippen LogP contribution >= 0.6 is 0 Å². The molecule has 2 rings (SSSR count). The lowest BCUT2D eigenvalue weighted by atomic mass is 9.88. The van der Waals surface area contributed by atoms with Gasteiger partial charge in [0.05, 0.1) is 0 Å². The van der Waals surface area contributed by atoms with Crippen LogP contribution in [0.5, 0.6) is 0 Å². The van der Waals surface area contributed by atoms with Gasteiger partial charge < -0.3 is 4.90 Å². The fourth-order valence-electron chi connectivity index (χ4n) is 2.93. The third-order valence-electron chi connectivity index (χ3n) is 3.54. The number of hydrogen-bond donors (Lipinski definition) is 0. The number of amides is 1. The molecule has 0 radical (unpaired) electrons. The van der Waals surface area contributed by atoms with Crippen LogP contribution in [0.4, 0.5) is 0 Å². The zero-order valence-corrected chi connectivity index (χ0v) is 9.05. The minimum absolute atomic E-state index is 0.0138. The van der Waals surface area contributed by atoms with Gasteiger partial charge in [0, 0.05) is 17.0 Å². The second-order valence-corrected chi connectivity index (χ2v) is 5.80. The van der Waals surface area contributed by atoms with E-state index in [0.29, 0.717) is 11.9 Å². The predicted molar refractivity (Wildman–Crippen MR) is 52.3 cm³/mol. The number of likely N-dealkylation sites (tertiary alicyclic amines) is 1. The summed E-state index contributed by atoms with van der Waals surface area (Å²) in [6.45, 7) is 8.53. The standard InChI is InChI=1S/C11H19NO/c1-10(2,3)12-8-5-6-11(4,7-8)9(12)13/h8H,5-7H2,1-4H3/t8-,11-/m0/s1. The summed E-state index contributed by atoms with van der Waals surface area (Å²) in [7, 11) is 0. The van der Waals surface area contributed by atoms with Crippen molar-refractivity contribution in [1.29, 1.82) is 0 Å². The van der Waals surface area contributed by atoms with E-state index in [1.165, 1.54) is 6.42 Å². The summed E-state index contributed by atoms with van der Waals surface area (Å²) >= 11 is 0. The van der Waals surface area contributed by atoms with Crippen molar-refractivity contribution < 1.29 is 4.79 Å². The van der Waals surface area contributed by atoms with Crippen molar-refractivity contribution in [3.63, 3.8) is 0 Å². The van der Waals surface area contributed by atoms with Crippen LogP contribution in [-0.2, 0) is 4.79 Å². The molecule has 1 aliphatic carbocycles. The van der Waals surface area contributed by atoms with Gasteiger partial charge in [0.2, 0.25) is 5.91 Å². The molecule has 2 bridgehead atoms. The van der Waals surface area contributed by atoms with Crippen molar-refractivity contribution in [2.24, 2.45) is 5.41 Å². The van der Waals surface area contributed by atoms with Gasteiger partial charge in [-0.05, 0) is 40.0 Å². The summed E-state index contributed by atoms with van der Waals surface area (Å²) < 4.78 is 0. The van der Waals surface area contributed by atoms with Crippen LogP contribution in [0.3, 0.4) is 0 Å². The minimum Gasteiger partial charge on any atom is -0.334 e. The summed E-state index contributed by atoms with van der Waals surface area (Å²) in [5, 5.41) is 0. The molecule has 1 saturated carbocycles. The highest BCUT2D eigenvalue weighted by molar-refractivity contribution is 5.86. The molecule has 1 heterocycles. The SMILES string of the molecule is CC(C)(C)N1C(=O)[C@@]2(C)CC[C@H]1C2. The molecule has 2 nitrogen and oxygen atoms in total. The molecule has 0 aromatic carbocycles. The summed E-state index contributed by atoms with van der Waals surface area (Å²) in [6, 6.07) is 0.525. The van der Waals surface area contributed by atoms with Crippen molar-refractivity contribution in [3.05, 3.63) is 0 Å². The number of rotatable bonds is 0. The highest BCUT2D eigenvalue weighted by atomic mass is 16.2. The third kappa shape index (κ3) is 1.11. The van der Waals surface area contributed by atoms with E-state index in [0.717, 1.165) is 12.8 Å². The van der Waals surface area contributed by atoms with E-state index in [-0.39, 0.29) is 11.0 Å². The Labute approximate surface area is 80.3 Å². The number of fused-ring (bicyclic) bond motifs is 2. The lowest BCUT2D eigenvalue weighted by Crippen LogP contribution is -2.50. The topological polar surface area (TPSA) is 20.3 Å². The van der Waals surface area contributed by atoms with Gasteiger partial charge in [-0.2, -0.15) is 0 Å². The summed E-state index contributed by atoms with van der Waals surface area (Å²) in [6.07, 6.45) is 3.39. The number of nitrogens with zero attached hydrogens (tertiary/aromatic N) is 1. The summed E-state index contributed by atoms with van der Waals surface area (Å²) in [5.74, 6) is 0.385. The van der Waals surface area contributed by atoms with Crippen LogP contribution in [0.2, 0.25) is 0 Å². The molecule has 0 N–H and O–H groups in total. The third-order valence-corrected chi connectivity index (χ3v) is 3.54. The fourth-order valence-corrected chi connectivity index (χ4v) is 2.93. The van der Waals surface area contributed by atoms with E-state index in [1.54, 1.807) is 0 Å². The Morgan fingerprint density at radius 3 is 2.38 bits per heavy atom. The zero-order chi connectivity index (χ0) is 9.85. The van der Waals surface area contributed by atoms with Gasteiger partial charge >= 0.3 is 0 Å². The van der Waals surface area contributed by atoms with E-state index in [2.05, 4.69) is 32.6 Å². The Bertz CT molecular complexity index is 253. The van der Waals surface area contributed by atoms with E-state index >= 15 is 0 Å². The van der Waals surface area contributed by atoms with Crippen LogP contribution in [0.25, 0.3) is 0 Å². The fraction of sp³-hybridized carbons (Fsp3) is 0.909. The van der Waals surface area contributed by atoms with Gasteiger partial charge in [-0.3, -0.25) is 4.79 Å². The molecular weight excluding hydrogens is 162 g/mol. The summed E-state index contributed by atoms with van der Waals surface area (Å²) in [4.78, 5) is 14.2. The van der Waals surface area contributed by atoms with E-state index in [1.807, 2.05) is 0 Å². The lowest BCUT2D eigenvalue weighted by molar-refractivity contribution is -0.143. The van der Waals surface area contributed by atoms with E-state index in [4.69, 9.17) is 0 Å². The van der Waals surface area contributed by atoms with E-state index in [9.17, 15) is 4.79 Å². The number of hydrogen-bond acceptors (Lipinski definition) is 1. The number of piperidine rings is 1. The Kier molecular flexibility index (Phi) is 1.59. The summed E-state index contributed by atoms with van der Waals surface area (Å²) in [5.41, 5.74) is -0.00211. The number of carbonyl (C=O) groups is 1. The average Bonchev–Trinajstić information content (AvgIpc) is 2.39. The maximum atomic E-state index is 12.1. The first-order valence-electron chi connectivity index (χ1n) is 5.18. The predicted octanol–water partition coefficient (Wildman–Crippen LogP) is 2.19. The van der Waals surface area contributed by atoms with Gasteiger partial charge in [0.15, 0.2) is 0 Å². The van der Waals surface area contributed by atoms with Gasteiger partial charge in [-0.15, -0.1) is 0 Å². The van der Waals surface area contributed by atoms with Gasteiger partial charge in [-0.25, -0.2) is 0 Å². The molecule has 0 spiro atoms. The van der Waals surface area contributed by atoms with Crippen molar-refractivity contribution in [3.8, 4) is 0 Å². The molecule has 2 heteroatoms.